The van der Waals surface area contributed by atoms with Crippen molar-refractivity contribution in [3.05, 3.63) is 0 Å². The fraction of sp³-hybridized carbons (Fsp3) is 0.909. The van der Waals surface area contributed by atoms with E-state index < -0.39 is 61.1 Å². The lowest BCUT2D eigenvalue weighted by molar-refractivity contribution is -0.440. The zero-order chi connectivity index (χ0) is 22.1. The summed E-state index contributed by atoms with van der Waals surface area (Å²) >= 11 is 0. The van der Waals surface area contributed by atoms with Crippen LogP contribution in [0.2, 0.25) is 0 Å². The van der Waals surface area contributed by atoms with Crippen LogP contribution in [0.25, 0.3) is 0 Å². The van der Waals surface area contributed by atoms with E-state index in [0.29, 0.717) is 0 Å². The van der Waals surface area contributed by atoms with E-state index in [1.54, 1.807) is 0 Å². The van der Waals surface area contributed by atoms with Crippen molar-refractivity contribution >= 4 is 5.91 Å². The number of carbonyl (C=O) groups is 1. The Balaban J connectivity index is 5.71. The van der Waals surface area contributed by atoms with Crippen molar-refractivity contribution in [1.82, 2.24) is 5.32 Å². The van der Waals surface area contributed by atoms with Crippen LogP contribution < -0.4 is 11.1 Å². The molecule has 0 spiro atoms. The minimum atomic E-state index is -7.92. The number of hydrogen-bond donors (Lipinski definition) is 2. The fourth-order valence-corrected chi connectivity index (χ4v) is 1.54. The highest BCUT2D eigenvalue weighted by Crippen LogP contribution is 2.60. The summed E-state index contributed by atoms with van der Waals surface area (Å²) in [7, 11) is 0. The Labute approximate surface area is 142 Å². The molecule has 0 aromatic carbocycles. The number of halogens is 13. The molecule has 0 saturated heterocycles. The van der Waals surface area contributed by atoms with Gasteiger partial charge in [-0.25, -0.2) is 0 Å². The van der Waals surface area contributed by atoms with Crippen LogP contribution in [0.3, 0.4) is 0 Å². The topological polar surface area (TPSA) is 55.1 Å². The molecule has 1 amide bonds. The summed E-state index contributed by atoms with van der Waals surface area (Å²) in [6.07, 6.45) is -10.4. The molecule has 0 aliphatic carbocycles. The first-order valence-corrected chi connectivity index (χ1v) is 6.63. The Morgan fingerprint density at radius 2 is 1.11 bits per heavy atom. The molecular formula is C11H11F13N2O. The monoisotopic (exact) mass is 434 g/mol. The maximum Gasteiger partial charge on any atom is 0.460 e. The van der Waals surface area contributed by atoms with E-state index in [4.69, 9.17) is 5.73 Å². The molecule has 0 rings (SSSR count). The van der Waals surface area contributed by atoms with Gasteiger partial charge in [0.25, 0.3) is 0 Å². The summed E-state index contributed by atoms with van der Waals surface area (Å²) < 4.78 is 166. The molecule has 0 saturated carbocycles. The molecule has 3 nitrogen and oxygen atoms in total. The van der Waals surface area contributed by atoms with Crippen LogP contribution in [-0.2, 0) is 4.79 Å². The molecule has 3 N–H and O–H groups in total. The molecule has 16 heteroatoms. The van der Waals surface area contributed by atoms with Gasteiger partial charge in [0.15, 0.2) is 0 Å². The van der Waals surface area contributed by atoms with E-state index in [2.05, 4.69) is 0 Å². The summed E-state index contributed by atoms with van der Waals surface area (Å²) in [5.41, 5.74) is 4.86. The molecule has 162 valence electrons. The highest BCUT2D eigenvalue weighted by atomic mass is 19.4. The fourth-order valence-electron chi connectivity index (χ4n) is 1.54. The van der Waals surface area contributed by atoms with Gasteiger partial charge in [-0.15, -0.1) is 0 Å². The summed E-state index contributed by atoms with van der Waals surface area (Å²) in [5, 5.41) is 1.46. The molecule has 0 aliphatic rings. The van der Waals surface area contributed by atoms with Gasteiger partial charge in [-0.2, -0.15) is 57.1 Å². The summed E-state index contributed by atoms with van der Waals surface area (Å²) in [4.78, 5) is 10.9. The van der Waals surface area contributed by atoms with Crippen LogP contribution in [-0.4, -0.2) is 54.8 Å². The number of hydrogen-bond acceptors (Lipinski definition) is 2. The van der Waals surface area contributed by atoms with Crippen LogP contribution in [0.4, 0.5) is 57.1 Å². The minimum Gasteiger partial charge on any atom is -0.356 e. The third-order valence-electron chi connectivity index (χ3n) is 3.13. The van der Waals surface area contributed by atoms with E-state index in [0.717, 1.165) is 0 Å². The lowest BCUT2D eigenvalue weighted by atomic mass is 9.92. The summed E-state index contributed by atoms with van der Waals surface area (Å²) in [6.45, 7) is -1.85. The normalized spacial score (nSPS) is 15.0. The van der Waals surface area contributed by atoms with Crippen molar-refractivity contribution in [1.29, 1.82) is 0 Å². The number of carbonyl (C=O) groups excluding carboxylic acids is 1. The number of alkyl halides is 13. The third-order valence-corrected chi connectivity index (χ3v) is 3.13. The van der Waals surface area contributed by atoms with E-state index in [1.165, 1.54) is 5.32 Å². The molecule has 0 aromatic rings. The Morgan fingerprint density at radius 1 is 0.704 bits per heavy atom. The quantitative estimate of drug-likeness (QED) is 0.546. The Kier molecular flexibility index (Phi) is 7.09. The minimum absolute atomic E-state index is 0.338. The molecule has 0 radical (unpaired) electrons. The van der Waals surface area contributed by atoms with Crippen molar-refractivity contribution < 1.29 is 61.9 Å². The van der Waals surface area contributed by atoms with E-state index >= 15 is 0 Å². The van der Waals surface area contributed by atoms with Gasteiger partial charge in [0.05, 0.1) is 0 Å². The average molecular weight is 434 g/mol. The van der Waals surface area contributed by atoms with Gasteiger partial charge in [-0.1, -0.05) is 0 Å². The second-order valence-electron chi connectivity index (χ2n) is 5.14. The van der Waals surface area contributed by atoms with Crippen LogP contribution in [0, 0.1) is 0 Å². The standard InChI is InChI=1S/C11H11F13N2O/c12-6(13,2-4-26-5(27)1-3-25)7(14,15)8(16,17)9(18,19)10(20,21)11(22,23)24/h1-4,25H2,(H,26,27). The smallest absolute Gasteiger partial charge is 0.356 e. The highest BCUT2D eigenvalue weighted by Gasteiger charge is 2.90. The lowest BCUT2D eigenvalue weighted by Crippen LogP contribution is -2.70. The Morgan fingerprint density at radius 3 is 1.48 bits per heavy atom. The van der Waals surface area contributed by atoms with E-state index in [9.17, 15) is 61.9 Å². The number of rotatable bonds is 9. The molecule has 0 atom stereocenters. The maximum absolute atomic E-state index is 13.3. The predicted octanol–water partition coefficient (Wildman–Crippen LogP) is 3.58. The second-order valence-corrected chi connectivity index (χ2v) is 5.14. The highest BCUT2D eigenvalue weighted by molar-refractivity contribution is 5.75. The Bertz CT molecular complexity index is 529. The van der Waals surface area contributed by atoms with Crippen molar-refractivity contribution in [2.75, 3.05) is 13.1 Å². The average Bonchev–Trinajstić information content (AvgIpc) is 2.45. The van der Waals surface area contributed by atoms with Gasteiger partial charge < -0.3 is 11.1 Å². The molecule has 0 unspecified atom stereocenters. The van der Waals surface area contributed by atoms with Crippen LogP contribution in [0.5, 0.6) is 0 Å². The summed E-state index contributed by atoms with van der Waals surface area (Å²) in [5.74, 6) is -38.2. The van der Waals surface area contributed by atoms with Gasteiger partial charge in [-0.3, -0.25) is 4.79 Å². The zero-order valence-corrected chi connectivity index (χ0v) is 12.7. The first kappa shape index (κ1) is 25.5. The SMILES string of the molecule is NCCC(=O)NCCC(F)(F)C(F)(F)C(F)(F)C(F)(F)C(F)(F)C(F)(F)F. The van der Waals surface area contributed by atoms with Gasteiger partial charge in [0, 0.05) is 25.9 Å². The molecule has 0 aromatic heterocycles. The lowest BCUT2D eigenvalue weighted by Gasteiger charge is -2.39. The second kappa shape index (κ2) is 7.50. The van der Waals surface area contributed by atoms with Crippen LogP contribution in [0.15, 0.2) is 0 Å². The number of amides is 1. The van der Waals surface area contributed by atoms with Crippen LogP contribution >= 0.6 is 0 Å². The predicted molar refractivity (Wildman–Crippen MR) is 62.1 cm³/mol. The zero-order valence-electron chi connectivity index (χ0n) is 12.7. The number of nitrogens with one attached hydrogen (secondary N) is 1. The van der Waals surface area contributed by atoms with Crippen molar-refractivity contribution in [2.24, 2.45) is 5.73 Å². The summed E-state index contributed by atoms with van der Waals surface area (Å²) in [6, 6.07) is 0. The van der Waals surface area contributed by atoms with Gasteiger partial charge in [0.2, 0.25) is 5.91 Å². The molecule has 27 heavy (non-hydrogen) atoms. The molecule has 0 fully saturated rings. The maximum atomic E-state index is 13.3. The first-order chi connectivity index (χ1) is 11.7. The van der Waals surface area contributed by atoms with Gasteiger partial charge in [-0.05, 0) is 0 Å². The van der Waals surface area contributed by atoms with Gasteiger partial charge in [0.1, 0.15) is 0 Å². The van der Waals surface area contributed by atoms with Crippen molar-refractivity contribution in [3.8, 4) is 0 Å². The number of nitrogens with two attached hydrogens (primary N) is 1. The van der Waals surface area contributed by atoms with E-state index in [1.807, 2.05) is 0 Å². The van der Waals surface area contributed by atoms with Crippen molar-refractivity contribution in [2.45, 2.75) is 48.6 Å². The Hall–Kier alpha value is -1.48. The third kappa shape index (κ3) is 4.34. The first-order valence-electron chi connectivity index (χ1n) is 6.63. The molecular weight excluding hydrogens is 423 g/mol. The van der Waals surface area contributed by atoms with Gasteiger partial charge >= 0.3 is 35.8 Å². The van der Waals surface area contributed by atoms with Crippen molar-refractivity contribution in [3.63, 3.8) is 0 Å². The molecule has 0 bridgehead atoms. The van der Waals surface area contributed by atoms with Crippen LogP contribution in [0.1, 0.15) is 12.8 Å². The molecule has 0 heterocycles. The van der Waals surface area contributed by atoms with E-state index in [-0.39, 0.29) is 6.54 Å². The molecule has 0 aliphatic heterocycles. The largest absolute Gasteiger partial charge is 0.460 e.